The summed E-state index contributed by atoms with van der Waals surface area (Å²) < 4.78 is 9.62. The Morgan fingerprint density at radius 3 is 2.42 bits per heavy atom. The van der Waals surface area contributed by atoms with Gasteiger partial charge < -0.3 is 19.5 Å². The molecule has 1 aromatic rings. The van der Waals surface area contributed by atoms with Crippen LogP contribution in [0, 0.1) is 16.0 Å². The maximum atomic E-state index is 12.4. The van der Waals surface area contributed by atoms with Crippen LogP contribution >= 0.6 is 23.2 Å². The minimum absolute atomic E-state index is 0.0631. The number of nitro groups is 1. The standard InChI is InChI=1S/C19H20Cl2N2O8/c1-10(24)16-14(7-13(20)17(21)19(27)30-2)22(18(16)26)8-15(25)31-9-11-3-5-12(6-4-11)23(28)29/h3-6,10,14,16,24H,7-9H2,1-2H3/t10-,14-,16+/m1/s1. The number of rotatable bonds is 9. The van der Waals surface area contributed by atoms with Crippen LogP contribution in [-0.2, 0) is 30.5 Å². The zero-order chi connectivity index (χ0) is 23.3. The molecule has 0 aromatic heterocycles. The Hall–Kier alpha value is -2.69. The molecule has 2 rings (SSSR count). The second-order valence-electron chi connectivity index (χ2n) is 6.80. The number of β-lactam (4-membered cyclic amide) rings is 1. The zero-order valence-electron chi connectivity index (χ0n) is 16.6. The van der Waals surface area contributed by atoms with Gasteiger partial charge in [-0.3, -0.25) is 19.7 Å². The maximum absolute atomic E-state index is 12.4. The number of non-ortho nitro benzene ring substituents is 1. The molecule has 1 aliphatic rings. The van der Waals surface area contributed by atoms with Crippen molar-refractivity contribution in [3.8, 4) is 0 Å². The fourth-order valence-corrected chi connectivity index (χ4v) is 3.52. The van der Waals surface area contributed by atoms with Gasteiger partial charge in [0.1, 0.15) is 18.2 Å². The van der Waals surface area contributed by atoms with Crippen molar-refractivity contribution in [2.45, 2.75) is 32.1 Å². The number of esters is 2. The predicted molar refractivity (Wildman–Crippen MR) is 109 cm³/mol. The van der Waals surface area contributed by atoms with Crippen LogP contribution in [-0.4, -0.2) is 58.6 Å². The molecule has 1 heterocycles. The number of carbonyl (C=O) groups excluding carboxylic acids is 3. The number of likely N-dealkylation sites (tertiary alicyclic amines) is 1. The van der Waals surface area contributed by atoms with Crippen LogP contribution in [0.25, 0.3) is 0 Å². The van der Waals surface area contributed by atoms with Gasteiger partial charge in [-0.15, -0.1) is 0 Å². The highest BCUT2D eigenvalue weighted by Gasteiger charge is 2.50. The number of amides is 1. The first kappa shape index (κ1) is 24.6. The highest BCUT2D eigenvalue weighted by atomic mass is 35.5. The van der Waals surface area contributed by atoms with Gasteiger partial charge in [-0.25, -0.2) is 4.79 Å². The van der Waals surface area contributed by atoms with Crippen molar-refractivity contribution in [3.05, 3.63) is 50.0 Å². The van der Waals surface area contributed by atoms with Gasteiger partial charge >= 0.3 is 11.9 Å². The quantitative estimate of drug-likeness (QED) is 0.189. The second kappa shape index (κ2) is 10.6. The molecule has 1 amide bonds. The molecule has 0 unspecified atom stereocenters. The Morgan fingerprint density at radius 1 is 1.29 bits per heavy atom. The molecule has 1 aliphatic heterocycles. The topological polar surface area (TPSA) is 136 Å². The van der Waals surface area contributed by atoms with Crippen molar-refractivity contribution < 1.29 is 33.9 Å². The van der Waals surface area contributed by atoms with E-state index in [0.29, 0.717) is 5.56 Å². The summed E-state index contributed by atoms with van der Waals surface area (Å²) in [7, 11) is 1.13. The molecule has 1 aromatic carbocycles. The monoisotopic (exact) mass is 474 g/mol. The van der Waals surface area contributed by atoms with E-state index >= 15 is 0 Å². The lowest BCUT2D eigenvalue weighted by Gasteiger charge is -2.48. The van der Waals surface area contributed by atoms with E-state index in [0.717, 1.165) is 7.11 Å². The summed E-state index contributed by atoms with van der Waals surface area (Å²) in [6.45, 7) is 0.886. The lowest BCUT2D eigenvalue weighted by Crippen LogP contribution is -2.65. The Balaban J connectivity index is 2.02. The molecule has 0 spiro atoms. The van der Waals surface area contributed by atoms with Gasteiger partial charge in [0, 0.05) is 23.6 Å². The van der Waals surface area contributed by atoms with E-state index in [-0.39, 0.29) is 28.8 Å². The van der Waals surface area contributed by atoms with Gasteiger partial charge in [-0.2, -0.15) is 0 Å². The Morgan fingerprint density at radius 2 is 1.90 bits per heavy atom. The highest BCUT2D eigenvalue weighted by molar-refractivity contribution is 6.47. The number of aliphatic hydroxyl groups is 1. The average Bonchev–Trinajstić information content (AvgIpc) is 2.74. The van der Waals surface area contributed by atoms with E-state index in [1.807, 2.05) is 0 Å². The number of halogens is 2. The summed E-state index contributed by atoms with van der Waals surface area (Å²) in [4.78, 5) is 47.4. The second-order valence-corrected chi connectivity index (χ2v) is 7.63. The Labute approximate surface area is 187 Å². The average molecular weight is 475 g/mol. The molecule has 1 fully saturated rings. The van der Waals surface area contributed by atoms with E-state index in [2.05, 4.69) is 4.74 Å². The molecule has 12 heteroatoms. The fourth-order valence-electron chi connectivity index (χ4n) is 3.13. The van der Waals surface area contributed by atoms with E-state index in [4.69, 9.17) is 27.9 Å². The molecule has 10 nitrogen and oxygen atoms in total. The molecular formula is C19H20Cl2N2O8. The first-order valence-corrected chi connectivity index (χ1v) is 9.82. The van der Waals surface area contributed by atoms with Crippen LogP contribution in [0.15, 0.2) is 34.3 Å². The molecule has 1 N–H and O–H groups in total. The van der Waals surface area contributed by atoms with E-state index in [1.165, 1.54) is 36.1 Å². The minimum atomic E-state index is -1.01. The fraction of sp³-hybridized carbons (Fsp3) is 0.421. The number of hydrogen-bond acceptors (Lipinski definition) is 8. The number of hydrogen-bond donors (Lipinski definition) is 1. The Kier molecular flexibility index (Phi) is 8.37. The molecule has 0 radical (unpaired) electrons. The van der Waals surface area contributed by atoms with Crippen molar-refractivity contribution in [1.82, 2.24) is 4.90 Å². The van der Waals surface area contributed by atoms with Gasteiger partial charge in [0.05, 0.1) is 30.1 Å². The molecule has 31 heavy (non-hydrogen) atoms. The lowest BCUT2D eigenvalue weighted by molar-refractivity contribution is -0.384. The number of ether oxygens (including phenoxy) is 2. The molecule has 0 aliphatic carbocycles. The summed E-state index contributed by atoms with van der Waals surface area (Å²) in [5.41, 5.74) is 0.437. The number of nitro benzene ring substituents is 1. The van der Waals surface area contributed by atoms with Gasteiger partial charge in [-0.05, 0) is 24.6 Å². The molecule has 0 saturated carbocycles. The molecule has 1 saturated heterocycles. The van der Waals surface area contributed by atoms with Crippen LogP contribution in [0.5, 0.6) is 0 Å². The highest BCUT2D eigenvalue weighted by Crippen LogP contribution is 2.36. The first-order chi connectivity index (χ1) is 14.6. The number of nitrogens with zero attached hydrogens (tertiary/aromatic N) is 2. The Bertz CT molecular complexity index is 901. The van der Waals surface area contributed by atoms with Crippen LogP contribution < -0.4 is 0 Å². The van der Waals surface area contributed by atoms with E-state index in [9.17, 15) is 29.6 Å². The van der Waals surface area contributed by atoms with Crippen LogP contribution in [0.2, 0.25) is 0 Å². The first-order valence-electron chi connectivity index (χ1n) is 9.06. The van der Waals surface area contributed by atoms with Crippen molar-refractivity contribution in [2.24, 2.45) is 5.92 Å². The normalized spacial score (nSPS) is 19.8. The number of aliphatic hydroxyl groups excluding tert-OH is 1. The van der Waals surface area contributed by atoms with Crippen molar-refractivity contribution in [3.63, 3.8) is 0 Å². The minimum Gasteiger partial charge on any atom is -0.465 e. The van der Waals surface area contributed by atoms with Gasteiger partial charge in [-0.1, -0.05) is 23.2 Å². The smallest absolute Gasteiger partial charge is 0.350 e. The van der Waals surface area contributed by atoms with Gasteiger partial charge in [0.2, 0.25) is 5.91 Å². The summed E-state index contributed by atoms with van der Waals surface area (Å²) >= 11 is 11.9. The molecule has 0 bridgehead atoms. The molecule has 3 atom stereocenters. The summed E-state index contributed by atoms with van der Waals surface area (Å²) in [6, 6.07) is 4.79. The van der Waals surface area contributed by atoms with Crippen LogP contribution in [0.4, 0.5) is 5.69 Å². The van der Waals surface area contributed by atoms with Crippen molar-refractivity contribution in [2.75, 3.05) is 13.7 Å². The van der Waals surface area contributed by atoms with Crippen LogP contribution in [0.3, 0.4) is 0 Å². The van der Waals surface area contributed by atoms with Crippen molar-refractivity contribution in [1.29, 1.82) is 0 Å². The van der Waals surface area contributed by atoms with Crippen molar-refractivity contribution >= 4 is 46.7 Å². The third-order valence-electron chi connectivity index (χ3n) is 4.74. The van der Waals surface area contributed by atoms with Gasteiger partial charge in [0.15, 0.2) is 0 Å². The summed E-state index contributed by atoms with van der Waals surface area (Å²) in [6.07, 6.45) is -1.07. The van der Waals surface area contributed by atoms with E-state index in [1.54, 1.807) is 0 Å². The van der Waals surface area contributed by atoms with Crippen LogP contribution in [0.1, 0.15) is 18.9 Å². The number of methoxy groups -OCH3 is 1. The zero-order valence-corrected chi connectivity index (χ0v) is 18.1. The molecule has 168 valence electrons. The van der Waals surface area contributed by atoms with E-state index < -0.39 is 47.4 Å². The maximum Gasteiger partial charge on any atom is 0.350 e. The summed E-state index contributed by atoms with van der Waals surface area (Å²) in [5, 5.41) is 20.1. The largest absolute Gasteiger partial charge is 0.465 e. The number of carbonyl (C=O) groups is 3. The number of benzene rings is 1. The third-order valence-corrected chi connectivity index (χ3v) is 5.56. The SMILES string of the molecule is COC(=O)C(Cl)=C(Cl)C[C@@H]1[C@H]([C@@H](C)O)C(=O)N1CC(=O)OCc1ccc([N+](=O)[O-])cc1. The van der Waals surface area contributed by atoms with Gasteiger partial charge in [0.25, 0.3) is 5.69 Å². The lowest BCUT2D eigenvalue weighted by atomic mass is 9.81. The molecular weight excluding hydrogens is 455 g/mol. The summed E-state index contributed by atoms with van der Waals surface area (Å²) in [5.74, 6) is -2.86. The predicted octanol–water partition coefficient (Wildman–Crippen LogP) is 2.10. The third kappa shape index (κ3) is 5.93.